The van der Waals surface area contributed by atoms with E-state index in [-0.39, 0.29) is 16.6 Å². The van der Waals surface area contributed by atoms with E-state index in [1.807, 2.05) is 30.5 Å². The Labute approximate surface area is 188 Å². The van der Waals surface area contributed by atoms with Crippen LogP contribution in [0, 0.1) is 12.3 Å². The van der Waals surface area contributed by atoms with Crippen LogP contribution in [0.25, 0.3) is 0 Å². The number of para-hydroxylation sites is 1. The zero-order valence-electron chi connectivity index (χ0n) is 17.2. The normalized spacial score (nSPS) is 25.6. The lowest BCUT2D eigenvalue weighted by Crippen LogP contribution is -2.51. The van der Waals surface area contributed by atoms with Crippen molar-refractivity contribution >= 4 is 45.1 Å². The van der Waals surface area contributed by atoms with E-state index in [2.05, 4.69) is 38.6 Å². The number of terminal acetylenes is 1. The van der Waals surface area contributed by atoms with Gasteiger partial charge in [-0.05, 0) is 30.9 Å². The minimum atomic E-state index is -0.607. The summed E-state index contributed by atoms with van der Waals surface area (Å²) >= 11 is 6.55. The second kappa shape index (κ2) is 7.84. The van der Waals surface area contributed by atoms with Gasteiger partial charge in [0.05, 0.1) is 35.5 Å². The number of hydrazine groups is 1. The maximum absolute atomic E-state index is 12.9. The number of hydrogen-bond donors (Lipinski definition) is 1. The molecule has 1 amide bonds. The number of nitrogens with one attached hydrogen (secondary N) is 1. The van der Waals surface area contributed by atoms with Crippen LogP contribution in [0.4, 0.5) is 10.5 Å². The van der Waals surface area contributed by atoms with Gasteiger partial charge in [-0.1, -0.05) is 29.7 Å². The molecule has 0 radical (unpaired) electrons. The molecule has 0 aromatic heterocycles. The molecule has 1 saturated heterocycles. The van der Waals surface area contributed by atoms with Crippen molar-refractivity contribution in [1.29, 1.82) is 0 Å². The molecule has 7 nitrogen and oxygen atoms in total. The number of hydrogen-bond acceptors (Lipinski definition) is 6. The Morgan fingerprint density at radius 1 is 1.45 bits per heavy atom. The topological polar surface area (TPSA) is 60.4 Å². The van der Waals surface area contributed by atoms with Crippen LogP contribution in [0.3, 0.4) is 0 Å². The van der Waals surface area contributed by atoms with Gasteiger partial charge >= 0.3 is 6.09 Å². The lowest BCUT2D eigenvalue weighted by Gasteiger charge is -2.31. The summed E-state index contributed by atoms with van der Waals surface area (Å²) in [6.07, 6.45) is 10.4. The monoisotopic (exact) mass is 455 g/mol. The number of benzene rings is 1. The molecule has 160 valence electrons. The van der Waals surface area contributed by atoms with Crippen LogP contribution in [0.1, 0.15) is 6.92 Å². The highest BCUT2D eigenvalue weighted by Gasteiger charge is 2.45. The molecule has 31 heavy (non-hydrogen) atoms. The molecule has 0 aliphatic carbocycles. The zero-order chi connectivity index (χ0) is 21.7. The summed E-state index contributed by atoms with van der Waals surface area (Å²) in [6.45, 7) is 3.37. The summed E-state index contributed by atoms with van der Waals surface area (Å²) in [5.74, 6) is 2.44. The highest BCUT2D eigenvalue weighted by atomic mass is 35.5. The molecular weight excluding hydrogens is 434 g/mol. The number of aliphatic imine (C=N–C) groups is 1. The van der Waals surface area contributed by atoms with Crippen molar-refractivity contribution in [1.82, 2.24) is 15.3 Å². The molecule has 0 spiro atoms. The van der Waals surface area contributed by atoms with Crippen molar-refractivity contribution < 1.29 is 9.53 Å². The fourth-order valence-electron chi connectivity index (χ4n) is 4.27. The highest BCUT2D eigenvalue weighted by Crippen LogP contribution is 2.45. The Kier molecular flexibility index (Phi) is 5.15. The number of carbonyl (C=O) groups excluding carboxylic acids is 1. The second-order valence-corrected chi connectivity index (χ2v) is 9.86. The predicted molar refractivity (Wildman–Crippen MR) is 126 cm³/mol. The number of rotatable bonds is 2. The number of carbonyl (C=O) groups is 1. The lowest BCUT2D eigenvalue weighted by atomic mass is 10.1. The number of amides is 1. The number of fused-ring (bicyclic) bond motifs is 4. The number of halogens is 1. The van der Waals surface area contributed by atoms with E-state index in [9.17, 15) is 4.79 Å². The average molecular weight is 456 g/mol. The minimum absolute atomic E-state index is 0.140. The van der Waals surface area contributed by atoms with E-state index in [1.54, 1.807) is 6.92 Å². The van der Waals surface area contributed by atoms with E-state index >= 15 is 0 Å². The summed E-state index contributed by atoms with van der Waals surface area (Å²) in [6, 6.07) is 7.73. The molecule has 5 rings (SSSR count). The Hall–Kier alpha value is -2.57. The van der Waals surface area contributed by atoms with E-state index < -0.39 is 12.2 Å². The van der Waals surface area contributed by atoms with Gasteiger partial charge in [-0.2, -0.15) is 0 Å². The molecule has 3 atom stereocenters. The van der Waals surface area contributed by atoms with Crippen molar-refractivity contribution in [2.75, 3.05) is 30.9 Å². The Bertz CT molecular complexity index is 1130. The first-order chi connectivity index (χ1) is 15.0. The zero-order valence-corrected chi connectivity index (χ0v) is 18.8. The van der Waals surface area contributed by atoms with Crippen LogP contribution >= 0.6 is 22.1 Å². The van der Waals surface area contributed by atoms with Crippen LogP contribution < -0.4 is 10.3 Å². The van der Waals surface area contributed by atoms with Crippen LogP contribution in [0.5, 0.6) is 0 Å². The van der Waals surface area contributed by atoms with Gasteiger partial charge in [-0.3, -0.25) is 4.99 Å². The average Bonchev–Trinajstić information content (AvgIpc) is 3.42. The third-order valence-corrected chi connectivity index (χ3v) is 8.14. The maximum Gasteiger partial charge on any atom is 0.427 e. The number of ether oxygens (including phenoxy) is 1. The fraction of sp³-hybridized carbons (Fsp3) is 0.318. The van der Waals surface area contributed by atoms with Crippen molar-refractivity contribution in [2.45, 2.75) is 19.2 Å². The van der Waals surface area contributed by atoms with E-state index in [1.165, 1.54) is 20.5 Å². The summed E-state index contributed by atoms with van der Waals surface area (Å²) < 4.78 is 5.41. The number of nitrogens with zero attached hydrogens (tertiary/aromatic N) is 4. The molecule has 4 aliphatic heterocycles. The van der Waals surface area contributed by atoms with Crippen LogP contribution in [0.2, 0.25) is 5.02 Å². The molecule has 1 fully saturated rings. The van der Waals surface area contributed by atoms with Gasteiger partial charge < -0.3 is 9.64 Å². The van der Waals surface area contributed by atoms with Gasteiger partial charge in [0.25, 0.3) is 0 Å². The van der Waals surface area contributed by atoms with Crippen molar-refractivity contribution in [3.63, 3.8) is 0 Å². The van der Waals surface area contributed by atoms with E-state index in [0.717, 1.165) is 11.3 Å². The summed E-state index contributed by atoms with van der Waals surface area (Å²) in [5, 5.41) is 2.19. The summed E-state index contributed by atoms with van der Waals surface area (Å²) in [5.41, 5.74) is 6.50. The fourth-order valence-corrected chi connectivity index (χ4v) is 6.55. The van der Waals surface area contributed by atoms with Crippen LogP contribution in [-0.4, -0.2) is 65.5 Å². The first kappa shape index (κ1) is 20.3. The van der Waals surface area contributed by atoms with Gasteiger partial charge in [-0.15, -0.1) is 16.9 Å². The highest BCUT2D eigenvalue weighted by molar-refractivity contribution is 8.20. The molecule has 3 unspecified atom stereocenters. The molecule has 1 N–H and O–H groups in total. The van der Waals surface area contributed by atoms with Gasteiger partial charge in [-0.25, -0.2) is 20.1 Å². The third kappa shape index (κ3) is 3.29. The molecule has 4 heterocycles. The lowest BCUT2D eigenvalue weighted by molar-refractivity contribution is 0.0633. The van der Waals surface area contributed by atoms with E-state index in [0.29, 0.717) is 24.8 Å². The third-order valence-electron chi connectivity index (χ3n) is 5.78. The first-order valence-electron chi connectivity index (χ1n) is 9.95. The van der Waals surface area contributed by atoms with Gasteiger partial charge in [0.15, 0.2) is 6.10 Å². The minimum Gasteiger partial charge on any atom is -0.432 e. The van der Waals surface area contributed by atoms with Crippen molar-refractivity contribution in [3.8, 4) is 12.3 Å². The Balaban J connectivity index is 1.59. The molecular formula is C22H22ClN5O2S. The van der Waals surface area contributed by atoms with Gasteiger partial charge in [0.1, 0.15) is 6.17 Å². The van der Waals surface area contributed by atoms with Crippen LogP contribution in [-0.2, 0) is 4.74 Å². The van der Waals surface area contributed by atoms with Crippen molar-refractivity contribution in [2.24, 2.45) is 4.99 Å². The SMILES string of the molecule is C#CC(C)OC(=O)N1NCN2C3=S(C)C4=C(CN=C4)C3=CN(c3ccccc3Cl)CC21. The molecule has 9 heteroatoms. The molecule has 1 aromatic carbocycles. The summed E-state index contributed by atoms with van der Waals surface area (Å²) in [7, 11) is -0.140. The summed E-state index contributed by atoms with van der Waals surface area (Å²) in [4.78, 5) is 24.2. The molecule has 4 aliphatic rings. The standard InChI is InChI=1S/C22H22ClN5O2S/c1-4-14(2)30-22(29)28-20-12-26(18-8-6-5-7-17(18)23)11-16-15-9-24-10-19(15)31(3)21(16)27(20)13-25-28/h1,5-8,10-11,14,20,25H,9,12-13H2,2-3H3. The predicted octanol–water partition coefficient (Wildman–Crippen LogP) is 2.99. The molecule has 1 aromatic rings. The van der Waals surface area contributed by atoms with Gasteiger partial charge in [0.2, 0.25) is 0 Å². The smallest absolute Gasteiger partial charge is 0.427 e. The largest absolute Gasteiger partial charge is 0.432 e. The Morgan fingerprint density at radius 3 is 3.03 bits per heavy atom. The maximum atomic E-state index is 12.9. The first-order valence-corrected chi connectivity index (χ1v) is 12.0. The van der Waals surface area contributed by atoms with Gasteiger partial charge in [0, 0.05) is 22.9 Å². The second-order valence-electron chi connectivity index (χ2n) is 7.60. The number of anilines is 1. The molecule has 0 saturated carbocycles. The molecule has 0 bridgehead atoms. The van der Waals surface area contributed by atoms with Crippen LogP contribution in [0.15, 0.2) is 51.5 Å². The Morgan fingerprint density at radius 2 is 2.26 bits per heavy atom. The number of allylic oxidation sites excluding steroid dienone is 1. The quantitative estimate of drug-likeness (QED) is 0.548. The van der Waals surface area contributed by atoms with E-state index in [4.69, 9.17) is 22.8 Å². The van der Waals surface area contributed by atoms with Crippen molar-refractivity contribution in [3.05, 3.63) is 51.5 Å².